The molecule has 0 N–H and O–H groups in total. The first-order chi connectivity index (χ1) is 8.40. The summed E-state index contributed by atoms with van der Waals surface area (Å²) in [4.78, 5) is 0. The van der Waals surface area contributed by atoms with Crippen molar-refractivity contribution in [1.82, 2.24) is 0 Å². The molecule has 0 aliphatic carbocycles. The minimum absolute atomic E-state index is 0.270. The summed E-state index contributed by atoms with van der Waals surface area (Å²) in [7, 11) is 0. The lowest BCUT2D eigenvalue weighted by molar-refractivity contribution is 0.104. The largest absolute Gasteiger partial charge is 0.374 e. The van der Waals surface area contributed by atoms with E-state index in [0.717, 1.165) is 6.42 Å². The summed E-state index contributed by atoms with van der Waals surface area (Å²) >= 11 is 0. The van der Waals surface area contributed by atoms with Crippen molar-refractivity contribution < 1.29 is 9.47 Å². The molecule has 0 spiro atoms. The highest BCUT2D eigenvalue weighted by Crippen LogP contribution is 2.24. The van der Waals surface area contributed by atoms with E-state index in [4.69, 9.17) is 9.47 Å². The van der Waals surface area contributed by atoms with Gasteiger partial charge in [-0.05, 0) is 12.0 Å². The maximum atomic E-state index is 5.62. The van der Waals surface area contributed by atoms with Gasteiger partial charge in [-0.1, -0.05) is 55.8 Å². The molecule has 0 saturated carbocycles. The van der Waals surface area contributed by atoms with E-state index in [-0.39, 0.29) is 12.2 Å². The van der Waals surface area contributed by atoms with Crippen molar-refractivity contribution in [3.05, 3.63) is 48.0 Å². The van der Waals surface area contributed by atoms with E-state index in [1.54, 1.807) is 0 Å². The second-order valence-corrected chi connectivity index (χ2v) is 4.36. The molecule has 2 nitrogen and oxygen atoms in total. The Morgan fingerprint density at radius 1 is 1.29 bits per heavy atom. The summed E-state index contributed by atoms with van der Waals surface area (Å²) < 4.78 is 11.1. The third-order valence-electron chi connectivity index (χ3n) is 2.80. The monoisotopic (exact) mass is 232 g/mol. The van der Waals surface area contributed by atoms with Crippen LogP contribution in [-0.4, -0.2) is 18.8 Å². The number of rotatable bonds is 7. The van der Waals surface area contributed by atoms with Crippen LogP contribution in [0.1, 0.15) is 25.3 Å². The average Bonchev–Trinajstić information content (AvgIpc) is 3.10. The van der Waals surface area contributed by atoms with Gasteiger partial charge in [-0.15, -0.1) is 0 Å². The number of ether oxygens (including phenoxy) is 2. The molecule has 0 unspecified atom stereocenters. The number of hydrogen-bond donors (Lipinski definition) is 0. The molecule has 1 fully saturated rings. The van der Waals surface area contributed by atoms with Crippen LogP contribution in [0.5, 0.6) is 0 Å². The van der Waals surface area contributed by atoms with Crippen molar-refractivity contribution in [2.24, 2.45) is 0 Å². The maximum Gasteiger partial charge on any atom is 0.111 e. The Morgan fingerprint density at radius 2 is 2.12 bits per heavy atom. The van der Waals surface area contributed by atoms with Gasteiger partial charge < -0.3 is 9.47 Å². The molecule has 2 rings (SSSR count). The first-order valence-electron chi connectivity index (χ1n) is 6.34. The van der Waals surface area contributed by atoms with E-state index in [1.165, 1.54) is 12.0 Å². The Labute approximate surface area is 103 Å². The molecule has 0 aromatic heterocycles. The van der Waals surface area contributed by atoms with Crippen molar-refractivity contribution in [2.45, 2.75) is 38.6 Å². The van der Waals surface area contributed by atoms with Gasteiger partial charge in [0.05, 0.1) is 13.2 Å². The highest BCUT2D eigenvalue weighted by molar-refractivity contribution is 5.13. The Kier molecular flexibility index (Phi) is 4.77. The zero-order valence-corrected chi connectivity index (χ0v) is 10.3. The number of epoxide rings is 1. The molecule has 1 aliphatic rings. The van der Waals surface area contributed by atoms with Crippen LogP contribution < -0.4 is 0 Å². The van der Waals surface area contributed by atoms with Crippen LogP contribution in [0.2, 0.25) is 0 Å². The standard InChI is InChI=1S/C15H20O2/c1-2-3-5-10-14-15(17-14)12-16-11-13-8-6-4-7-9-13/h4-10,14-15H,2-3,11-12H2,1H3/b10-5-/t14-,15-/m0/s1. The van der Waals surface area contributed by atoms with Crippen LogP contribution in [0, 0.1) is 0 Å². The Hall–Kier alpha value is -1.12. The van der Waals surface area contributed by atoms with E-state index in [0.29, 0.717) is 13.2 Å². The van der Waals surface area contributed by atoms with Crippen molar-refractivity contribution in [3.63, 3.8) is 0 Å². The molecule has 0 radical (unpaired) electrons. The van der Waals surface area contributed by atoms with Gasteiger partial charge in [-0.25, -0.2) is 0 Å². The SMILES string of the molecule is CCC/C=C\[C@@H]1O[C@H]1COCc1ccccc1. The average molecular weight is 232 g/mol. The van der Waals surface area contributed by atoms with Gasteiger partial charge in [0.25, 0.3) is 0 Å². The molecule has 1 saturated heterocycles. The Balaban J connectivity index is 1.59. The molecule has 1 heterocycles. The van der Waals surface area contributed by atoms with Crippen LogP contribution in [0.25, 0.3) is 0 Å². The molecular formula is C15H20O2. The van der Waals surface area contributed by atoms with Gasteiger partial charge in [-0.3, -0.25) is 0 Å². The third-order valence-corrected chi connectivity index (χ3v) is 2.80. The summed E-state index contributed by atoms with van der Waals surface area (Å²) in [6.45, 7) is 3.54. The number of allylic oxidation sites excluding steroid dienone is 1. The lowest BCUT2D eigenvalue weighted by Gasteiger charge is -2.01. The lowest BCUT2D eigenvalue weighted by Crippen LogP contribution is -2.03. The molecule has 1 aliphatic heterocycles. The first kappa shape index (κ1) is 12.3. The van der Waals surface area contributed by atoms with Crippen LogP contribution in [-0.2, 0) is 16.1 Å². The van der Waals surface area contributed by atoms with Crippen molar-refractivity contribution >= 4 is 0 Å². The van der Waals surface area contributed by atoms with Crippen LogP contribution in [0.3, 0.4) is 0 Å². The van der Waals surface area contributed by atoms with Crippen molar-refractivity contribution in [1.29, 1.82) is 0 Å². The minimum Gasteiger partial charge on any atom is -0.374 e. The molecular weight excluding hydrogens is 212 g/mol. The predicted molar refractivity (Wildman–Crippen MR) is 68.8 cm³/mol. The zero-order chi connectivity index (χ0) is 11.9. The van der Waals surface area contributed by atoms with Gasteiger partial charge in [-0.2, -0.15) is 0 Å². The highest BCUT2D eigenvalue weighted by atomic mass is 16.6. The predicted octanol–water partition coefficient (Wildman–Crippen LogP) is 3.33. The second-order valence-electron chi connectivity index (χ2n) is 4.36. The maximum absolute atomic E-state index is 5.62. The van der Waals surface area contributed by atoms with Crippen LogP contribution >= 0.6 is 0 Å². The van der Waals surface area contributed by atoms with Crippen molar-refractivity contribution in [3.8, 4) is 0 Å². The summed E-state index contributed by atoms with van der Waals surface area (Å²) in [6, 6.07) is 10.2. The summed E-state index contributed by atoms with van der Waals surface area (Å²) in [5.74, 6) is 0. The summed E-state index contributed by atoms with van der Waals surface area (Å²) in [5.41, 5.74) is 1.21. The summed E-state index contributed by atoms with van der Waals surface area (Å²) in [6.07, 6.45) is 7.24. The fourth-order valence-electron chi connectivity index (χ4n) is 1.72. The zero-order valence-electron chi connectivity index (χ0n) is 10.3. The van der Waals surface area contributed by atoms with E-state index >= 15 is 0 Å². The van der Waals surface area contributed by atoms with E-state index < -0.39 is 0 Å². The van der Waals surface area contributed by atoms with Gasteiger partial charge in [0, 0.05) is 0 Å². The lowest BCUT2D eigenvalue weighted by atomic mass is 10.2. The number of unbranched alkanes of at least 4 members (excludes halogenated alkanes) is 1. The molecule has 17 heavy (non-hydrogen) atoms. The Bertz CT molecular complexity index is 345. The molecule has 2 heteroatoms. The molecule has 0 bridgehead atoms. The Morgan fingerprint density at radius 3 is 2.88 bits per heavy atom. The normalized spacial score (nSPS) is 23.1. The fraction of sp³-hybridized carbons (Fsp3) is 0.467. The topological polar surface area (TPSA) is 21.8 Å². The first-order valence-corrected chi connectivity index (χ1v) is 6.34. The second kappa shape index (κ2) is 6.58. The third kappa shape index (κ3) is 4.33. The molecule has 1 aromatic carbocycles. The number of hydrogen-bond acceptors (Lipinski definition) is 2. The number of benzene rings is 1. The fourth-order valence-corrected chi connectivity index (χ4v) is 1.72. The molecule has 92 valence electrons. The van der Waals surface area contributed by atoms with Crippen molar-refractivity contribution in [2.75, 3.05) is 6.61 Å². The van der Waals surface area contributed by atoms with Gasteiger partial charge in [0.2, 0.25) is 0 Å². The molecule has 1 aromatic rings. The van der Waals surface area contributed by atoms with Crippen LogP contribution in [0.15, 0.2) is 42.5 Å². The minimum atomic E-state index is 0.270. The van der Waals surface area contributed by atoms with Gasteiger partial charge >= 0.3 is 0 Å². The van der Waals surface area contributed by atoms with Gasteiger partial charge in [0.1, 0.15) is 12.2 Å². The van der Waals surface area contributed by atoms with E-state index in [1.807, 2.05) is 18.2 Å². The van der Waals surface area contributed by atoms with E-state index in [2.05, 4.69) is 31.2 Å². The summed E-state index contributed by atoms with van der Waals surface area (Å²) in [5, 5.41) is 0. The highest BCUT2D eigenvalue weighted by Gasteiger charge is 2.36. The molecule has 2 atom stereocenters. The quantitative estimate of drug-likeness (QED) is 0.531. The smallest absolute Gasteiger partial charge is 0.111 e. The molecule has 0 amide bonds. The van der Waals surface area contributed by atoms with Crippen LogP contribution in [0.4, 0.5) is 0 Å². The van der Waals surface area contributed by atoms with Gasteiger partial charge in [0.15, 0.2) is 0 Å². The van der Waals surface area contributed by atoms with E-state index in [9.17, 15) is 0 Å².